The Morgan fingerprint density at radius 3 is 2.02 bits per heavy atom. The number of esters is 3. The lowest BCUT2D eigenvalue weighted by atomic mass is 9.98. The third kappa shape index (κ3) is 13.7. The molecule has 0 aromatic heterocycles. The highest BCUT2D eigenvalue weighted by atomic mass is 16.5. The quantitative estimate of drug-likeness (QED) is 0.0564. The molecular weight excluding hydrogens is 576 g/mol. The smallest absolute Gasteiger partial charge is 0.333 e. The molecule has 0 spiro atoms. The molecule has 0 unspecified atom stereocenters. The molecule has 0 saturated heterocycles. The number of allylic oxidation sites excluding steroid dienone is 1. The van der Waals surface area contributed by atoms with Crippen molar-refractivity contribution in [2.24, 2.45) is 0 Å². The zero-order chi connectivity index (χ0) is 32.3. The summed E-state index contributed by atoms with van der Waals surface area (Å²) < 4.78 is 26.9. The summed E-state index contributed by atoms with van der Waals surface area (Å²) in [6.45, 7) is 8.27. The Morgan fingerprint density at radius 1 is 0.756 bits per heavy atom. The highest BCUT2D eigenvalue weighted by Crippen LogP contribution is 2.21. The number of rotatable bonds is 19. The number of ketones is 1. The Bertz CT molecular complexity index is 1300. The fourth-order valence-corrected chi connectivity index (χ4v) is 4.46. The first kappa shape index (κ1) is 34.8. The van der Waals surface area contributed by atoms with Crippen LogP contribution in [0, 0.1) is 0 Å². The molecule has 0 amide bonds. The molecule has 0 atom stereocenters. The van der Waals surface area contributed by atoms with E-state index in [0.717, 1.165) is 50.2 Å². The van der Waals surface area contributed by atoms with Crippen molar-refractivity contribution in [1.29, 1.82) is 0 Å². The van der Waals surface area contributed by atoms with Gasteiger partial charge in [0.15, 0.2) is 5.78 Å². The highest BCUT2D eigenvalue weighted by molar-refractivity contribution is 6.06. The van der Waals surface area contributed by atoms with Gasteiger partial charge in [0.1, 0.15) is 17.6 Å². The molecule has 1 aliphatic carbocycles. The van der Waals surface area contributed by atoms with Gasteiger partial charge in [-0.25, -0.2) is 9.59 Å². The average molecular weight is 619 g/mol. The first-order valence-corrected chi connectivity index (χ1v) is 15.4. The zero-order valence-corrected chi connectivity index (χ0v) is 25.7. The van der Waals surface area contributed by atoms with Crippen LogP contribution in [-0.4, -0.2) is 56.2 Å². The third-order valence-corrected chi connectivity index (χ3v) is 6.95. The molecule has 2 aromatic rings. The van der Waals surface area contributed by atoms with Crippen LogP contribution in [0.25, 0.3) is 6.08 Å². The number of hydrogen-bond acceptors (Lipinski definition) is 9. The van der Waals surface area contributed by atoms with E-state index in [1.54, 1.807) is 30.3 Å². The molecule has 9 nitrogen and oxygen atoms in total. The van der Waals surface area contributed by atoms with Gasteiger partial charge >= 0.3 is 17.9 Å². The van der Waals surface area contributed by atoms with E-state index in [9.17, 15) is 19.2 Å². The Kier molecular flexibility index (Phi) is 15.2. The predicted molar refractivity (Wildman–Crippen MR) is 170 cm³/mol. The minimum Gasteiger partial charge on any atom is -0.494 e. The Balaban J connectivity index is 1.28. The van der Waals surface area contributed by atoms with Crippen molar-refractivity contribution in [3.8, 4) is 11.5 Å². The van der Waals surface area contributed by atoms with E-state index < -0.39 is 17.9 Å². The van der Waals surface area contributed by atoms with E-state index in [-0.39, 0.29) is 30.5 Å². The Morgan fingerprint density at radius 2 is 1.36 bits per heavy atom. The van der Waals surface area contributed by atoms with Crippen LogP contribution in [-0.2, 0) is 28.6 Å². The normalized spacial score (nSPS) is 13.1. The van der Waals surface area contributed by atoms with Gasteiger partial charge in [0.2, 0.25) is 0 Å². The molecule has 1 fully saturated rings. The standard InChI is InChI=1S/C36H42O9/c1-3-34(38)43-23-8-7-22-41-30-17-12-28(13-18-30)14-21-33(37)29-15-19-31(20-16-29)42-24-9-25-44-36(40)27(2)26-35(39)45-32-10-5-4-6-11-32/h3,12-21,32H,1-2,4-11,22-26H2/b21-14+. The molecule has 0 aliphatic heterocycles. The monoisotopic (exact) mass is 618 g/mol. The summed E-state index contributed by atoms with van der Waals surface area (Å²) in [6.07, 6.45) is 11.1. The van der Waals surface area contributed by atoms with Crippen LogP contribution in [0.4, 0.5) is 0 Å². The molecule has 0 radical (unpaired) electrons. The minimum atomic E-state index is -0.617. The lowest BCUT2D eigenvalue weighted by Gasteiger charge is -2.21. The molecule has 0 heterocycles. The summed E-state index contributed by atoms with van der Waals surface area (Å²) in [5.41, 5.74) is 1.45. The van der Waals surface area contributed by atoms with Gasteiger partial charge in [-0.1, -0.05) is 37.8 Å². The van der Waals surface area contributed by atoms with Crippen molar-refractivity contribution in [3.63, 3.8) is 0 Å². The largest absolute Gasteiger partial charge is 0.494 e. The maximum Gasteiger partial charge on any atom is 0.333 e. The van der Waals surface area contributed by atoms with Crippen LogP contribution in [0.2, 0.25) is 0 Å². The number of benzene rings is 2. The molecule has 1 saturated carbocycles. The summed E-state index contributed by atoms with van der Waals surface area (Å²) >= 11 is 0. The van der Waals surface area contributed by atoms with Crippen LogP contribution in [0.3, 0.4) is 0 Å². The highest BCUT2D eigenvalue weighted by Gasteiger charge is 2.20. The van der Waals surface area contributed by atoms with E-state index in [0.29, 0.717) is 49.7 Å². The van der Waals surface area contributed by atoms with Gasteiger partial charge in [-0.05, 0) is 86.6 Å². The summed E-state index contributed by atoms with van der Waals surface area (Å²) in [5.74, 6) is -0.330. The second-order valence-corrected chi connectivity index (χ2v) is 10.6. The second-order valence-electron chi connectivity index (χ2n) is 10.6. The number of ether oxygens (including phenoxy) is 5. The third-order valence-electron chi connectivity index (χ3n) is 6.95. The number of unbranched alkanes of at least 4 members (excludes halogenated alkanes) is 1. The average Bonchev–Trinajstić information content (AvgIpc) is 3.06. The first-order valence-electron chi connectivity index (χ1n) is 15.4. The van der Waals surface area contributed by atoms with Crippen molar-refractivity contribution >= 4 is 29.8 Å². The van der Waals surface area contributed by atoms with Crippen molar-refractivity contribution in [2.75, 3.05) is 26.4 Å². The van der Waals surface area contributed by atoms with Crippen molar-refractivity contribution in [3.05, 3.63) is 90.5 Å². The number of carbonyl (C=O) groups is 4. The van der Waals surface area contributed by atoms with Crippen LogP contribution >= 0.6 is 0 Å². The summed E-state index contributed by atoms with van der Waals surface area (Å²) in [4.78, 5) is 47.8. The van der Waals surface area contributed by atoms with E-state index in [2.05, 4.69) is 13.2 Å². The fourth-order valence-electron chi connectivity index (χ4n) is 4.46. The molecule has 240 valence electrons. The fraction of sp³-hybridized carbons (Fsp3) is 0.389. The summed E-state index contributed by atoms with van der Waals surface area (Å²) in [5, 5.41) is 0. The van der Waals surface area contributed by atoms with Gasteiger partial charge in [0.25, 0.3) is 0 Å². The van der Waals surface area contributed by atoms with Gasteiger partial charge in [-0.3, -0.25) is 9.59 Å². The maximum absolute atomic E-state index is 12.6. The van der Waals surface area contributed by atoms with Gasteiger partial charge in [-0.2, -0.15) is 0 Å². The minimum absolute atomic E-state index is 0.0625. The molecule has 2 aromatic carbocycles. The molecule has 0 bridgehead atoms. The van der Waals surface area contributed by atoms with Crippen LogP contribution in [0.15, 0.2) is 79.4 Å². The van der Waals surface area contributed by atoms with E-state index in [4.69, 9.17) is 23.7 Å². The number of carbonyl (C=O) groups excluding carboxylic acids is 4. The number of hydrogen-bond donors (Lipinski definition) is 0. The van der Waals surface area contributed by atoms with Gasteiger partial charge < -0.3 is 23.7 Å². The molecule has 1 aliphatic rings. The van der Waals surface area contributed by atoms with Crippen molar-refractivity contribution in [2.45, 2.75) is 63.9 Å². The molecule has 3 rings (SSSR count). The van der Waals surface area contributed by atoms with E-state index >= 15 is 0 Å². The van der Waals surface area contributed by atoms with E-state index in [1.807, 2.05) is 24.3 Å². The van der Waals surface area contributed by atoms with Crippen molar-refractivity contribution in [1.82, 2.24) is 0 Å². The topological polar surface area (TPSA) is 114 Å². The molecule has 0 N–H and O–H groups in total. The first-order chi connectivity index (χ1) is 21.8. The van der Waals surface area contributed by atoms with Crippen LogP contribution < -0.4 is 9.47 Å². The second kappa shape index (κ2) is 19.6. The predicted octanol–water partition coefficient (Wildman–Crippen LogP) is 6.61. The molecular formula is C36H42O9. The maximum atomic E-state index is 12.6. The van der Waals surface area contributed by atoms with Gasteiger partial charge in [-0.15, -0.1) is 0 Å². The molecule has 9 heteroatoms. The van der Waals surface area contributed by atoms with Crippen LogP contribution in [0.5, 0.6) is 11.5 Å². The summed E-state index contributed by atoms with van der Waals surface area (Å²) in [6, 6.07) is 14.2. The van der Waals surface area contributed by atoms with E-state index in [1.165, 1.54) is 6.08 Å². The van der Waals surface area contributed by atoms with Crippen LogP contribution in [0.1, 0.15) is 73.7 Å². The van der Waals surface area contributed by atoms with Gasteiger partial charge in [0, 0.05) is 23.6 Å². The zero-order valence-electron chi connectivity index (χ0n) is 25.7. The SMILES string of the molecule is C=CC(=O)OCCCCOc1ccc(/C=C/C(=O)c2ccc(OCCCOC(=O)C(=C)CC(=O)OC3CCCCC3)cc2)cc1. The molecule has 45 heavy (non-hydrogen) atoms. The Labute approximate surface area is 264 Å². The van der Waals surface area contributed by atoms with Gasteiger partial charge in [0.05, 0.1) is 32.8 Å². The lowest BCUT2D eigenvalue weighted by Crippen LogP contribution is -2.22. The Hall–Kier alpha value is -4.66. The summed E-state index contributed by atoms with van der Waals surface area (Å²) in [7, 11) is 0. The van der Waals surface area contributed by atoms with Crippen molar-refractivity contribution < 1.29 is 42.9 Å². The lowest BCUT2D eigenvalue weighted by molar-refractivity contribution is -0.151.